The number of nitrogens with one attached hydrogen (secondary N) is 1. The van der Waals surface area contributed by atoms with Gasteiger partial charge >= 0.3 is 0 Å². The molecule has 0 aliphatic heterocycles. The Balaban J connectivity index is 2.18. The van der Waals surface area contributed by atoms with E-state index in [2.05, 4.69) is 9.88 Å². The van der Waals surface area contributed by atoms with Crippen LogP contribution in [-0.4, -0.2) is 27.7 Å². The second kappa shape index (κ2) is 6.50. The summed E-state index contributed by atoms with van der Waals surface area (Å²) in [6.45, 7) is 3.99. The number of hydrogen-bond acceptors (Lipinski definition) is 5. The third-order valence-electron chi connectivity index (χ3n) is 3.38. The van der Waals surface area contributed by atoms with E-state index in [1.807, 2.05) is 32.8 Å². The normalized spacial score (nSPS) is 11.6. The maximum Gasteiger partial charge on any atom is 0.241 e. The van der Waals surface area contributed by atoms with Crippen molar-refractivity contribution in [2.45, 2.75) is 31.7 Å². The fourth-order valence-electron chi connectivity index (χ4n) is 2.09. The van der Waals surface area contributed by atoms with Crippen LogP contribution in [0.2, 0.25) is 0 Å². The summed E-state index contributed by atoms with van der Waals surface area (Å²) in [6.07, 6.45) is 0.750. The Kier molecular flexibility index (Phi) is 4.87. The van der Waals surface area contributed by atoms with Gasteiger partial charge in [-0.2, -0.15) is 0 Å². The highest BCUT2D eigenvalue weighted by molar-refractivity contribution is 7.89. The van der Waals surface area contributed by atoms with Crippen molar-refractivity contribution in [2.24, 2.45) is 0 Å². The summed E-state index contributed by atoms with van der Waals surface area (Å²) in [5, 5.41) is 3.84. The van der Waals surface area contributed by atoms with Crippen LogP contribution in [0.15, 0.2) is 33.7 Å². The fourth-order valence-corrected chi connectivity index (χ4v) is 3.11. The van der Waals surface area contributed by atoms with Crippen LogP contribution in [0.3, 0.4) is 0 Å². The van der Waals surface area contributed by atoms with Gasteiger partial charge in [0.1, 0.15) is 0 Å². The molecule has 22 heavy (non-hydrogen) atoms. The van der Waals surface area contributed by atoms with Crippen molar-refractivity contribution < 1.29 is 12.9 Å². The van der Waals surface area contributed by atoms with Crippen LogP contribution in [0.1, 0.15) is 23.9 Å². The molecule has 120 valence electrons. The van der Waals surface area contributed by atoms with Gasteiger partial charge in [-0.05, 0) is 31.0 Å². The highest BCUT2D eigenvalue weighted by Crippen LogP contribution is 2.22. The zero-order valence-electron chi connectivity index (χ0n) is 13.3. The number of sulfonamides is 1. The summed E-state index contributed by atoms with van der Waals surface area (Å²) in [4.78, 5) is 2.12. The first-order chi connectivity index (χ1) is 10.3. The van der Waals surface area contributed by atoms with Crippen molar-refractivity contribution in [3.8, 4) is 0 Å². The molecule has 1 aromatic carbocycles. The summed E-state index contributed by atoms with van der Waals surface area (Å²) < 4.78 is 32.4. The lowest BCUT2D eigenvalue weighted by atomic mass is 10.2. The molecule has 0 unspecified atom stereocenters. The molecule has 0 amide bonds. The maximum atomic E-state index is 12.4. The van der Waals surface area contributed by atoms with Gasteiger partial charge in [0.25, 0.3) is 0 Å². The molecule has 1 N–H and O–H groups in total. The molecular weight excluding hydrogens is 302 g/mol. The molecule has 1 heterocycles. The zero-order valence-corrected chi connectivity index (χ0v) is 14.1. The average Bonchev–Trinajstić information content (AvgIpc) is 2.93. The standard InChI is InChI=1S/C15H21N3O3S/c1-5-12-8-13(21-17-12)10-16-22(19,20)14-7-6-11(2)15(9-14)18(3)4/h6-9,16H,5,10H2,1-4H3. The topological polar surface area (TPSA) is 75.4 Å². The predicted molar refractivity (Wildman–Crippen MR) is 85.4 cm³/mol. The van der Waals surface area contributed by atoms with E-state index in [1.54, 1.807) is 24.3 Å². The third kappa shape index (κ3) is 3.66. The molecule has 0 aliphatic carbocycles. The fraction of sp³-hybridized carbons (Fsp3) is 0.400. The van der Waals surface area contributed by atoms with Gasteiger partial charge in [0.05, 0.1) is 17.1 Å². The molecule has 0 radical (unpaired) electrons. The van der Waals surface area contributed by atoms with Crippen molar-refractivity contribution in [3.05, 3.63) is 41.3 Å². The van der Waals surface area contributed by atoms with Gasteiger partial charge < -0.3 is 9.42 Å². The number of anilines is 1. The van der Waals surface area contributed by atoms with Gasteiger partial charge in [-0.3, -0.25) is 0 Å². The summed E-state index contributed by atoms with van der Waals surface area (Å²) in [5.41, 5.74) is 2.70. The SMILES string of the molecule is CCc1cc(CNS(=O)(=O)c2ccc(C)c(N(C)C)c2)on1. The molecule has 2 aromatic rings. The summed E-state index contributed by atoms with van der Waals surface area (Å²) in [6, 6.07) is 6.81. The Hall–Kier alpha value is -1.86. The number of aryl methyl sites for hydroxylation is 2. The largest absolute Gasteiger partial charge is 0.377 e. The molecule has 7 heteroatoms. The summed E-state index contributed by atoms with van der Waals surface area (Å²) >= 11 is 0. The van der Waals surface area contributed by atoms with Crippen LogP contribution in [0.25, 0.3) is 0 Å². The molecule has 0 saturated heterocycles. The van der Waals surface area contributed by atoms with Crippen molar-refractivity contribution in [3.63, 3.8) is 0 Å². The summed E-state index contributed by atoms with van der Waals surface area (Å²) in [7, 11) is 0.171. The van der Waals surface area contributed by atoms with Gasteiger partial charge in [0.2, 0.25) is 10.0 Å². The van der Waals surface area contributed by atoms with Gasteiger partial charge in [0, 0.05) is 25.8 Å². The highest BCUT2D eigenvalue weighted by atomic mass is 32.2. The first-order valence-corrected chi connectivity index (χ1v) is 8.54. The number of nitrogens with zero attached hydrogens (tertiary/aromatic N) is 2. The third-order valence-corrected chi connectivity index (χ3v) is 4.78. The van der Waals surface area contributed by atoms with Crippen LogP contribution in [0.5, 0.6) is 0 Å². The molecule has 0 fully saturated rings. The summed E-state index contributed by atoms with van der Waals surface area (Å²) in [5.74, 6) is 0.500. The lowest BCUT2D eigenvalue weighted by molar-refractivity contribution is 0.375. The molecule has 2 rings (SSSR count). The van der Waals surface area contributed by atoms with E-state index >= 15 is 0 Å². The van der Waals surface area contributed by atoms with E-state index in [1.165, 1.54) is 0 Å². The van der Waals surface area contributed by atoms with Crippen molar-refractivity contribution >= 4 is 15.7 Å². The quantitative estimate of drug-likeness (QED) is 0.881. The van der Waals surface area contributed by atoms with Gasteiger partial charge in [-0.25, -0.2) is 13.1 Å². The van der Waals surface area contributed by atoms with Crippen LogP contribution in [0, 0.1) is 6.92 Å². The van der Waals surface area contributed by atoms with Crippen molar-refractivity contribution in [1.29, 1.82) is 0 Å². The lowest BCUT2D eigenvalue weighted by Gasteiger charge is -2.17. The number of hydrogen-bond donors (Lipinski definition) is 1. The second-order valence-corrected chi connectivity index (χ2v) is 7.07. The van der Waals surface area contributed by atoms with E-state index in [4.69, 9.17) is 4.52 Å². The molecule has 6 nitrogen and oxygen atoms in total. The van der Waals surface area contributed by atoms with Crippen molar-refractivity contribution in [1.82, 2.24) is 9.88 Å². The molecular formula is C15H21N3O3S. The number of rotatable bonds is 6. The Bertz CT molecular complexity index is 751. The lowest BCUT2D eigenvalue weighted by Crippen LogP contribution is -2.23. The van der Waals surface area contributed by atoms with Gasteiger partial charge in [-0.1, -0.05) is 18.1 Å². The van der Waals surface area contributed by atoms with E-state index < -0.39 is 10.0 Å². The first kappa shape index (κ1) is 16.5. The van der Waals surface area contributed by atoms with E-state index in [0.717, 1.165) is 23.4 Å². The minimum Gasteiger partial charge on any atom is -0.377 e. The minimum atomic E-state index is -3.59. The minimum absolute atomic E-state index is 0.0838. The van der Waals surface area contributed by atoms with Crippen LogP contribution in [-0.2, 0) is 23.0 Å². The molecule has 0 saturated carbocycles. The average molecular weight is 323 g/mol. The number of aromatic nitrogens is 1. The molecule has 0 atom stereocenters. The molecule has 0 bridgehead atoms. The Morgan fingerprint density at radius 2 is 2.00 bits per heavy atom. The molecule has 0 aliphatic rings. The van der Waals surface area contributed by atoms with E-state index in [-0.39, 0.29) is 11.4 Å². The van der Waals surface area contributed by atoms with Crippen molar-refractivity contribution in [2.75, 3.05) is 19.0 Å². The Morgan fingerprint density at radius 3 is 2.59 bits per heavy atom. The van der Waals surface area contributed by atoms with Crippen LogP contribution < -0.4 is 9.62 Å². The van der Waals surface area contributed by atoms with E-state index in [0.29, 0.717) is 5.76 Å². The smallest absolute Gasteiger partial charge is 0.241 e. The van der Waals surface area contributed by atoms with E-state index in [9.17, 15) is 8.42 Å². The monoisotopic (exact) mass is 323 g/mol. The highest BCUT2D eigenvalue weighted by Gasteiger charge is 2.17. The Labute approximate surface area is 131 Å². The molecule has 1 aromatic heterocycles. The zero-order chi connectivity index (χ0) is 16.3. The predicted octanol–water partition coefficient (Wildman–Crippen LogP) is 2.09. The maximum absolute atomic E-state index is 12.4. The Morgan fingerprint density at radius 1 is 1.27 bits per heavy atom. The first-order valence-electron chi connectivity index (χ1n) is 7.05. The van der Waals surface area contributed by atoms with Gasteiger partial charge in [0.15, 0.2) is 5.76 Å². The second-order valence-electron chi connectivity index (χ2n) is 5.31. The number of benzene rings is 1. The van der Waals surface area contributed by atoms with Crippen LogP contribution >= 0.6 is 0 Å². The molecule has 0 spiro atoms. The van der Waals surface area contributed by atoms with Crippen LogP contribution in [0.4, 0.5) is 5.69 Å². The van der Waals surface area contributed by atoms with Gasteiger partial charge in [-0.15, -0.1) is 0 Å².